The van der Waals surface area contributed by atoms with Crippen LogP contribution in [0.25, 0.3) is 22.4 Å². The van der Waals surface area contributed by atoms with E-state index in [9.17, 15) is 13.6 Å². The topological polar surface area (TPSA) is 73.0 Å². The second-order valence-electron chi connectivity index (χ2n) is 5.88. The predicted octanol–water partition coefficient (Wildman–Crippen LogP) is 3.67. The number of aromatic nitrogens is 3. The number of carbonyl (C=O) groups is 1. The molecule has 4 rings (SSSR count). The van der Waals surface area contributed by atoms with E-state index in [1.165, 1.54) is 18.6 Å². The Labute approximate surface area is 152 Å². The highest BCUT2D eigenvalue weighted by Crippen LogP contribution is 2.24. The van der Waals surface area contributed by atoms with Crippen LogP contribution in [-0.4, -0.2) is 20.6 Å². The molecule has 6 nitrogen and oxygen atoms in total. The lowest BCUT2D eigenvalue weighted by Crippen LogP contribution is -2.22. The van der Waals surface area contributed by atoms with Gasteiger partial charge >= 0.3 is 0 Å². The third-order valence-corrected chi connectivity index (χ3v) is 4.01. The van der Waals surface area contributed by atoms with Crippen LogP contribution in [0.5, 0.6) is 0 Å². The Balaban J connectivity index is 1.40. The molecule has 0 atom stereocenters. The maximum Gasteiger partial charge on any atom is 0.239 e. The Morgan fingerprint density at radius 3 is 2.85 bits per heavy atom. The van der Waals surface area contributed by atoms with Crippen LogP contribution in [0.2, 0.25) is 0 Å². The molecule has 0 aliphatic rings. The maximum absolute atomic E-state index is 13.8. The monoisotopic (exact) mass is 368 g/mol. The molecule has 0 spiro atoms. The average molecular weight is 368 g/mol. The van der Waals surface area contributed by atoms with Crippen LogP contribution in [0, 0.1) is 11.6 Å². The van der Waals surface area contributed by atoms with E-state index in [-0.39, 0.29) is 30.1 Å². The van der Waals surface area contributed by atoms with E-state index in [4.69, 9.17) is 4.42 Å². The number of imidazole rings is 1. The normalized spacial score (nSPS) is 11.0. The summed E-state index contributed by atoms with van der Waals surface area (Å²) in [6, 6.07) is 10.6. The van der Waals surface area contributed by atoms with Gasteiger partial charge in [-0.15, -0.1) is 0 Å². The first-order valence-corrected chi connectivity index (χ1v) is 8.22. The second kappa shape index (κ2) is 6.99. The van der Waals surface area contributed by atoms with Gasteiger partial charge in [0.1, 0.15) is 18.0 Å². The summed E-state index contributed by atoms with van der Waals surface area (Å²) in [4.78, 5) is 20.4. The lowest BCUT2D eigenvalue weighted by molar-refractivity contribution is -0.117. The number of oxazole rings is 1. The number of halogens is 2. The van der Waals surface area contributed by atoms with Crippen LogP contribution in [0.4, 0.5) is 8.78 Å². The zero-order valence-corrected chi connectivity index (χ0v) is 14.0. The van der Waals surface area contributed by atoms with Gasteiger partial charge in [-0.1, -0.05) is 12.1 Å². The Morgan fingerprint density at radius 2 is 2.00 bits per heavy atom. The number of benzene rings is 2. The first-order chi connectivity index (χ1) is 13.1. The molecule has 8 heteroatoms. The molecule has 0 bridgehead atoms. The highest BCUT2D eigenvalue weighted by atomic mass is 19.1. The summed E-state index contributed by atoms with van der Waals surface area (Å²) in [5.74, 6) is -1.17. The summed E-state index contributed by atoms with van der Waals surface area (Å²) in [6.45, 7) is 0. The summed E-state index contributed by atoms with van der Waals surface area (Å²) in [5, 5.41) is 0. The zero-order chi connectivity index (χ0) is 18.8. The molecule has 0 aliphatic carbocycles. The number of rotatable bonds is 5. The van der Waals surface area contributed by atoms with Crippen molar-refractivity contribution in [3.8, 4) is 11.3 Å². The Morgan fingerprint density at radius 1 is 1.15 bits per heavy atom. The van der Waals surface area contributed by atoms with E-state index in [0.717, 1.165) is 23.2 Å². The number of aryl methyl sites for hydroxylation is 1. The highest BCUT2D eigenvalue weighted by Gasteiger charge is 2.13. The molecule has 0 saturated heterocycles. The van der Waals surface area contributed by atoms with Gasteiger partial charge in [-0.05, 0) is 24.3 Å². The summed E-state index contributed by atoms with van der Waals surface area (Å²) in [5.41, 5.74) is 4.41. The quantitative estimate of drug-likeness (QED) is 0.583. The molecule has 0 saturated carbocycles. The maximum atomic E-state index is 13.8. The minimum absolute atomic E-state index is 0.115. The number of fused-ring (bicyclic) bond motifs is 1. The molecule has 0 fully saturated rings. The van der Waals surface area contributed by atoms with Crippen LogP contribution in [0.1, 0.15) is 12.3 Å². The number of nitrogens with one attached hydrogen (secondary N) is 1. The summed E-state index contributed by atoms with van der Waals surface area (Å²) in [6.07, 6.45) is 3.25. The van der Waals surface area contributed by atoms with Gasteiger partial charge in [0.15, 0.2) is 11.7 Å². The zero-order valence-electron chi connectivity index (χ0n) is 14.0. The molecule has 1 N–H and O–H groups in total. The Kier molecular flexibility index (Phi) is 4.37. The molecule has 2 aromatic carbocycles. The van der Waals surface area contributed by atoms with Gasteiger partial charge in [-0.3, -0.25) is 10.2 Å². The summed E-state index contributed by atoms with van der Waals surface area (Å²) in [7, 11) is 0. The van der Waals surface area contributed by atoms with E-state index in [1.807, 2.05) is 24.3 Å². The van der Waals surface area contributed by atoms with Gasteiger partial charge in [0.2, 0.25) is 5.91 Å². The van der Waals surface area contributed by atoms with Crippen molar-refractivity contribution in [2.75, 3.05) is 5.43 Å². The van der Waals surface area contributed by atoms with Gasteiger partial charge in [-0.2, -0.15) is 0 Å². The molecule has 136 valence electrons. The summed E-state index contributed by atoms with van der Waals surface area (Å²) >= 11 is 0. The first-order valence-electron chi connectivity index (χ1n) is 8.22. The number of para-hydroxylation sites is 2. The second-order valence-corrected chi connectivity index (χ2v) is 5.88. The average Bonchev–Trinajstić information content (AvgIpc) is 3.28. The fourth-order valence-electron chi connectivity index (χ4n) is 2.70. The van der Waals surface area contributed by atoms with E-state index in [0.29, 0.717) is 5.89 Å². The van der Waals surface area contributed by atoms with Crippen molar-refractivity contribution in [1.29, 1.82) is 0 Å². The number of hydrogen-bond acceptors (Lipinski definition) is 4. The molecule has 0 unspecified atom stereocenters. The van der Waals surface area contributed by atoms with Crippen molar-refractivity contribution < 1.29 is 18.0 Å². The molecule has 1 amide bonds. The number of amides is 1. The molecule has 0 aliphatic heterocycles. The number of hydrogen-bond donors (Lipinski definition) is 1. The van der Waals surface area contributed by atoms with Gasteiger partial charge in [0, 0.05) is 18.9 Å². The van der Waals surface area contributed by atoms with E-state index in [2.05, 4.69) is 15.4 Å². The van der Waals surface area contributed by atoms with Gasteiger partial charge in [-0.25, -0.2) is 23.4 Å². The minimum Gasteiger partial charge on any atom is -0.441 e. The number of carbonyl (C=O) groups excluding carboxylic acids is 1. The SMILES string of the molecule is O=C(CCc1ncc(-c2ccc(F)cc2F)o1)Nn1cnc2ccccc21. The third kappa shape index (κ3) is 3.55. The van der Waals surface area contributed by atoms with Gasteiger partial charge < -0.3 is 4.42 Å². The minimum atomic E-state index is -0.734. The fraction of sp³-hybridized carbons (Fsp3) is 0.105. The standard InChI is InChI=1S/C19H14F2N4O2/c20-12-5-6-13(14(21)9-12)17-10-22-19(27-17)8-7-18(26)24-25-11-23-15-3-1-2-4-16(15)25/h1-6,9-11H,7-8H2,(H,24,26). The van der Waals surface area contributed by atoms with Crippen molar-refractivity contribution in [3.63, 3.8) is 0 Å². The lowest BCUT2D eigenvalue weighted by Gasteiger charge is -2.06. The molecule has 4 aromatic rings. The molecule has 2 aromatic heterocycles. The lowest BCUT2D eigenvalue weighted by atomic mass is 10.2. The van der Waals surface area contributed by atoms with Crippen LogP contribution in [0.15, 0.2) is 59.4 Å². The van der Waals surface area contributed by atoms with Gasteiger partial charge in [0.25, 0.3) is 0 Å². The van der Waals surface area contributed by atoms with Crippen molar-refractivity contribution >= 4 is 16.9 Å². The molecular weight excluding hydrogens is 354 g/mol. The molecular formula is C19H14F2N4O2. The number of nitrogens with zero attached hydrogens (tertiary/aromatic N) is 3. The van der Waals surface area contributed by atoms with Gasteiger partial charge in [0.05, 0.1) is 22.8 Å². The highest BCUT2D eigenvalue weighted by molar-refractivity contribution is 5.86. The van der Waals surface area contributed by atoms with Crippen LogP contribution >= 0.6 is 0 Å². The fourth-order valence-corrected chi connectivity index (χ4v) is 2.70. The van der Waals surface area contributed by atoms with Crippen molar-refractivity contribution in [3.05, 3.63) is 72.5 Å². The first kappa shape index (κ1) is 16.9. The van der Waals surface area contributed by atoms with Crippen LogP contribution in [-0.2, 0) is 11.2 Å². The van der Waals surface area contributed by atoms with E-state index < -0.39 is 11.6 Å². The Hall–Kier alpha value is -3.55. The van der Waals surface area contributed by atoms with Crippen molar-refractivity contribution in [1.82, 2.24) is 14.6 Å². The third-order valence-electron chi connectivity index (χ3n) is 4.01. The van der Waals surface area contributed by atoms with Crippen LogP contribution < -0.4 is 5.43 Å². The van der Waals surface area contributed by atoms with Crippen molar-refractivity contribution in [2.45, 2.75) is 12.8 Å². The smallest absolute Gasteiger partial charge is 0.239 e. The molecule has 27 heavy (non-hydrogen) atoms. The largest absolute Gasteiger partial charge is 0.441 e. The molecule has 0 radical (unpaired) electrons. The van der Waals surface area contributed by atoms with Crippen LogP contribution in [0.3, 0.4) is 0 Å². The summed E-state index contributed by atoms with van der Waals surface area (Å²) < 4.78 is 33.8. The Bertz CT molecular complexity index is 1120. The molecule has 2 heterocycles. The van der Waals surface area contributed by atoms with Crippen molar-refractivity contribution in [2.24, 2.45) is 0 Å². The van der Waals surface area contributed by atoms with E-state index >= 15 is 0 Å². The van der Waals surface area contributed by atoms with E-state index in [1.54, 1.807) is 4.68 Å². The predicted molar refractivity (Wildman–Crippen MR) is 94.3 cm³/mol.